The fourth-order valence-electron chi connectivity index (χ4n) is 1.18. The molecule has 0 saturated heterocycles. The highest BCUT2D eigenvalue weighted by molar-refractivity contribution is 5.90. The Morgan fingerprint density at radius 3 is 2.29 bits per heavy atom. The van der Waals surface area contributed by atoms with Gasteiger partial charge >= 0.3 is 0 Å². The summed E-state index contributed by atoms with van der Waals surface area (Å²) in [6.07, 6.45) is 4.02. The minimum Gasteiger partial charge on any atom is -0.316 e. The van der Waals surface area contributed by atoms with Crippen molar-refractivity contribution >= 4 is 17.7 Å². The van der Waals surface area contributed by atoms with Gasteiger partial charge in [0.25, 0.3) is 0 Å². The largest absolute Gasteiger partial charge is 0.316 e. The van der Waals surface area contributed by atoms with Crippen molar-refractivity contribution in [3.8, 4) is 0 Å². The Labute approximate surface area is 84.9 Å². The smallest absolute Gasteiger partial charge is 0.223 e. The molecule has 0 aliphatic carbocycles. The van der Waals surface area contributed by atoms with Crippen LogP contribution in [0.2, 0.25) is 0 Å². The topological polar surface area (TPSA) is 20.3 Å². The third kappa shape index (κ3) is 2.46. The number of nitrogens with zero attached hydrogens (tertiary/aromatic N) is 1. The highest BCUT2D eigenvalue weighted by atomic mass is 16.2. The Kier molecular flexibility index (Phi) is 3.46. The molecule has 0 aliphatic heterocycles. The van der Waals surface area contributed by atoms with Gasteiger partial charge in [-0.05, 0) is 24.6 Å². The first-order valence-corrected chi connectivity index (χ1v) is 4.62. The molecule has 0 radical (unpaired) electrons. The van der Waals surface area contributed by atoms with Gasteiger partial charge in [0.05, 0.1) is 0 Å². The lowest BCUT2D eigenvalue weighted by Crippen LogP contribution is -2.22. The van der Waals surface area contributed by atoms with E-state index in [4.69, 9.17) is 0 Å². The molecular formula is C12H15NO. The zero-order chi connectivity index (χ0) is 10.6. The molecule has 0 unspecified atom stereocenters. The van der Waals surface area contributed by atoms with E-state index in [0.717, 1.165) is 11.3 Å². The predicted octanol–water partition coefficient (Wildman–Crippen LogP) is 2.70. The maximum atomic E-state index is 11.1. The molecule has 2 nitrogen and oxygen atoms in total. The van der Waals surface area contributed by atoms with Crippen molar-refractivity contribution in [1.82, 2.24) is 0 Å². The number of carbonyl (C=O) groups is 1. The molecule has 1 aromatic rings. The number of anilines is 1. The van der Waals surface area contributed by atoms with E-state index in [0.29, 0.717) is 0 Å². The van der Waals surface area contributed by atoms with Crippen LogP contribution in [-0.2, 0) is 4.79 Å². The standard InChI is InChI=1S/C12H15NO/c1-4-5-11-6-8-12(9-7-11)13(3)10(2)14/h4-9H,1-3H3/b5-4+. The molecule has 74 valence electrons. The van der Waals surface area contributed by atoms with Crippen LogP contribution >= 0.6 is 0 Å². The zero-order valence-corrected chi connectivity index (χ0v) is 8.82. The van der Waals surface area contributed by atoms with Crippen LogP contribution in [0.1, 0.15) is 19.4 Å². The average molecular weight is 189 g/mol. The minimum atomic E-state index is 0.0452. The number of hydrogen-bond donors (Lipinski definition) is 0. The highest BCUT2D eigenvalue weighted by Gasteiger charge is 2.03. The lowest BCUT2D eigenvalue weighted by Gasteiger charge is -2.14. The molecule has 0 N–H and O–H groups in total. The van der Waals surface area contributed by atoms with Crippen LogP contribution in [-0.4, -0.2) is 13.0 Å². The molecule has 1 amide bonds. The quantitative estimate of drug-likeness (QED) is 0.700. The van der Waals surface area contributed by atoms with Crippen molar-refractivity contribution in [2.75, 3.05) is 11.9 Å². The summed E-state index contributed by atoms with van der Waals surface area (Å²) in [6.45, 7) is 3.54. The lowest BCUT2D eigenvalue weighted by atomic mass is 10.2. The minimum absolute atomic E-state index is 0.0452. The highest BCUT2D eigenvalue weighted by Crippen LogP contribution is 2.14. The van der Waals surface area contributed by atoms with Crippen LogP contribution < -0.4 is 4.90 Å². The van der Waals surface area contributed by atoms with E-state index in [2.05, 4.69) is 0 Å². The number of benzene rings is 1. The molecule has 0 fully saturated rings. The van der Waals surface area contributed by atoms with E-state index in [9.17, 15) is 4.79 Å². The van der Waals surface area contributed by atoms with Crippen LogP contribution in [0.3, 0.4) is 0 Å². The molecule has 0 saturated carbocycles. The Hall–Kier alpha value is -1.57. The molecule has 0 aliphatic rings. The molecule has 1 rings (SSSR count). The van der Waals surface area contributed by atoms with E-state index in [-0.39, 0.29) is 5.91 Å². The second-order valence-electron chi connectivity index (χ2n) is 3.17. The van der Waals surface area contributed by atoms with Crippen LogP contribution in [0, 0.1) is 0 Å². The summed E-state index contributed by atoms with van der Waals surface area (Å²) < 4.78 is 0. The van der Waals surface area contributed by atoms with Gasteiger partial charge in [-0.25, -0.2) is 0 Å². The van der Waals surface area contributed by atoms with Gasteiger partial charge in [0.2, 0.25) is 5.91 Å². The summed E-state index contributed by atoms with van der Waals surface area (Å²) in [4.78, 5) is 12.7. The van der Waals surface area contributed by atoms with Gasteiger partial charge in [0.1, 0.15) is 0 Å². The number of allylic oxidation sites excluding steroid dienone is 1. The van der Waals surface area contributed by atoms with Gasteiger partial charge in [-0.3, -0.25) is 4.79 Å². The average Bonchev–Trinajstić information content (AvgIpc) is 2.18. The Balaban J connectivity index is 2.88. The number of hydrogen-bond acceptors (Lipinski definition) is 1. The first kappa shape index (κ1) is 10.5. The summed E-state index contributed by atoms with van der Waals surface area (Å²) >= 11 is 0. The third-order valence-corrected chi connectivity index (χ3v) is 2.11. The molecular weight excluding hydrogens is 174 g/mol. The molecule has 14 heavy (non-hydrogen) atoms. The second kappa shape index (κ2) is 4.61. The molecule has 0 heterocycles. The van der Waals surface area contributed by atoms with Gasteiger partial charge < -0.3 is 4.90 Å². The first-order valence-electron chi connectivity index (χ1n) is 4.62. The summed E-state index contributed by atoms with van der Waals surface area (Å²) in [5.41, 5.74) is 2.07. The summed E-state index contributed by atoms with van der Waals surface area (Å²) in [5.74, 6) is 0.0452. The summed E-state index contributed by atoms with van der Waals surface area (Å²) in [7, 11) is 1.77. The predicted molar refractivity (Wildman–Crippen MR) is 60.2 cm³/mol. The van der Waals surface area contributed by atoms with Gasteiger partial charge in [0.15, 0.2) is 0 Å². The maximum absolute atomic E-state index is 11.1. The van der Waals surface area contributed by atoms with E-state index < -0.39 is 0 Å². The molecule has 0 spiro atoms. The third-order valence-electron chi connectivity index (χ3n) is 2.11. The Morgan fingerprint density at radius 2 is 1.86 bits per heavy atom. The molecule has 2 heteroatoms. The van der Waals surface area contributed by atoms with Crippen molar-refractivity contribution in [1.29, 1.82) is 0 Å². The zero-order valence-electron chi connectivity index (χ0n) is 8.82. The Morgan fingerprint density at radius 1 is 1.29 bits per heavy atom. The lowest BCUT2D eigenvalue weighted by molar-refractivity contribution is -0.116. The molecule has 0 atom stereocenters. The van der Waals surface area contributed by atoms with E-state index in [1.165, 1.54) is 0 Å². The number of rotatable bonds is 2. The SMILES string of the molecule is C/C=C/c1ccc(N(C)C(C)=O)cc1. The van der Waals surface area contributed by atoms with Crippen LogP contribution in [0.5, 0.6) is 0 Å². The number of carbonyl (C=O) groups excluding carboxylic acids is 1. The molecule has 0 aromatic heterocycles. The normalized spacial score (nSPS) is 10.5. The summed E-state index contributed by atoms with van der Waals surface area (Å²) in [5, 5.41) is 0. The van der Waals surface area contributed by atoms with Crippen LogP contribution in [0.4, 0.5) is 5.69 Å². The Bertz CT molecular complexity index is 338. The van der Waals surface area contributed by atoms with E-state index in [1.54, 1.807) is 18.9 Å². The van der Waals surface area contributed by atoms with Gasteiger partial charge in [0, 0.05) is 19.7 Å². The van der Waals surface area contributed by atoms with E-state index >= 15 is 0 Å². The van der Waals surface area contributed by atoms with Crippen LogP contribution in [0.15, 0.2) is 30.3 Å². The van der Waals surface area contributed by atoms with E-state index in [1.807, 2.05) is 43.3 Å². The van der Waals surface area contributed by atoms with Crippen molar-refractivity contribution in [3.05, 3.63) is 35.9 Å². The maximum Gasteiger partial charge on any atom is 0.223 e. The first-order chi connectivity index (χ1) is 6.65. The van der Waals surface area contributed by atoms with Gasteiger partial charge in [-0.1, -0.05) is 24.3 Å². The van der Waals surface area contributed by atoms with Gasteiger partial charge in [-0.2, -0.15) is 0 Å². The monoisotopic (exact) mass is 189 g/mol. The summed E-state index contributed by atoms with van der Waals surface area (Å²) in [6, 6.07) is 7.87. The molecule has 1 aromatic carbocycles. The van der Waals surface area contributed by atoms with Crippen LogP contribution in [0.25, 0.3) is 6.08 Å². The van der Waals surface area contributed by atoms with Gasteiger partial charge in [-0.15, -0.1) is 0 Å². The van der Waals surface area contributed by atoms with Crippen molar-refractivity contribution in [2.24, 2.45) is 0 Å². The van der Waals surface area contributed by atoms with Crippen molar-refractivity contribution in [2.45, 2.75) is 13.8 Å². The fraction of sp³-hybridized carbons (Fsp3) is 0.250. The van der Waals surface area contributed by atoms with Crippen molar-refractivity contribution in [3.63, 3.8) is 0 Å². The second-order valence-corrected chi connectivity index (χ2v) is 3.17. The van der Waals surface area contributed by atoms with Crippen molar-refractivity contribution < 1.29 is 4.79 Å². The number of amides is 1. The molecule has 0 bridgehead atoms. The fourth-order valence-corrected chi connectivity index (χ4v) is 1.18.